The van der Waals surface area contributed by atoms with Gasteiger partial charge in [-0.3, -0.25) is 0 Å². The molecule has 0 amide bonds. The number of nitrogens with zero attached hydrogens (tertiary/aromatic N) is 2. The molecule has 0 spiro atoms. The molecule has 0 bridgehead atoms. The van der Waals surface area contributed by atoms with Crippen molar-refractivity contribution in [1.82, 2.24) is 0 Å². The van der Waals surface area contributed by atoms with Gasteiger partial charge in [0.1, 0.15) is 11.8 Å². The number of benzene rings is 1. The van der Waals surface area contributed by atoms with Gasteiger partial charge in [-0.05, 0) is 26.0 Å². The van der Waals surface area contributed by atoms with E-state index < -0.39 is 0 Å². The van der Waals surface area contributed by atoms with Crippen molar-refractivity contribution in [3.05, 3.63) is 24.3 Å². The summed E-state index contributed by atoms with van der Waals surface area (Å²) >= 11 is 0. The van der Waals surface area contributed by atoms with Crippen LogP contribution in [0.4, 0.5) is 5.69 Å². The molecule has 0 aromatic heterocycles. The second kappa shape index (κ2) is 3.82. The van der Waals surface area contributed by atoms with Gasteiger partial charge in [0.2, 0.25) is 6.10 Å². The number of para-hydroxylation sites is 2. The lowest BCUT2D eigenvalue weighted by Crippen LogP contribution is -2.43. The van der Waals surface area contributed by atoms with Crippen molar-refractivity contribution >= 4 is 5.69 Å². The monoisotopic (exact) mass is 202 g/mol. The van der Waals surface area contributed by atoms with Crippen molar-refractivity contribution in [1.29, 1.82) is 5.26 Å². The summed E-state index contributed by atoms with van der Waals surface area (Å²) < 4.78 is 5.56. The average molecular weight is 202 g/mol. The molecule has 1 aliphatic heterocycles. The molecule has 0 N–H and O–H groups in total. The van der Waals surface area contributed by atoms with Crippen LogP contribution in [0.25, 0.3) is 0 Å². The molecule has 1 atom stereocenters. The molecule has 0 radical (unpaired) electrons. The molecular weight excluding hydrogens is 188 g/mol. The quantitative estimate of drug-likeness (QED) is 0.700. The summed E-state index contributed by atoms with van der Waals surface area (Å²) in [4.78, 5) is 2.20. The van der Waals surface area contributed by atoms with Gasteiger partial charge in [0.05, 0.1) is 12.2 Å². The summed E-state index contributed by atoms with van der Waals surface area (Å²) in [5.74, 6) is 0.809. The minimum Gasteiger partial charge on any atom is -0.472 e. The first-order valence-electron chi connectivity index (χ1n) is 5.14. The smallest absolute Gasteiger partial charge is 0.201 e. The Hall–Kier alpha value is -1.69. The first-order valence-corrected chi connectivity index (χ1v) is 5.14. The molecule has 1 aromatic carbocycles. The molecule has 1 heterocycles. The zero-order chi connectivity index (χ0) is 10.8. The Bertz CT molecular complexity index is 395. The van der Waals surface area contributed by atoms with E-state index >= 15 is 0 Å². The van der Waals surface area contributed by atoms with Crippen LogP contribution >= 0.6 is 0 Å². The number of fused-ring (bicyclic) bond motifs is 1. The molecule has 3 nitrogen and oxygen atoms in total. The highest BCUT2D eigenvalue weighted by Crippen LogP contribution is 2.33. The minimum atomic E-state index is -0.359. The summed E-state index contributed by atoms with van der Waals surface area (Å²) in [5, 5.41) is 8.91. The number of anilines is 1. The van der Waals surface area contributed by atoms with Gasteiger partial charge in [-0.15, -0.1) is 0 Å². The van der Waals surface area contributed by atoms with Crippen molar-refractivity contribution in [3.63, 3.8) is 0 Å². The first kappa shape index (κ1) is 9.85. The van der Waals surface area contributed by atoms with Crippen LogP contribution in [-0.2, 0) is 0 Å². The van der Waals surface area contributed by atoms with Crippen LogP contribution in [0.1, 0.15) is 13.8 Å². The Kier molecular flexibility index (Phi) is 2.51. The number of hydrogen-bond donors (Lipinski definition) is 0. The molecule has 1 aromatic rings. The molecule has 3 heteroatoms. The van der Waals surface area contributed by atoms with Crippen LogP contribution in [-0.4, -0.2) is 18.7 Å². The summed E-state index contributed by atoms with van der Waals surface area (Å²) in [6, 6.07) is 10.4. The Morgan fingerprint density at radius 1 is 1.47 bits per heavy atom. The van der Waals surface area contributed by atoms with Gasteiger partial charge >= 0.3 is 0 Å². The standard InChI is InChI=1S/C12H14N2O/c1-9(2)14-8-10(7-13)15-12-6-4-3-5-11(12)14/h3-6,9-10H,8H2,1-2H3/t10-/m1/s1. The van der Waals surface area contributed by atoms with Gasteiger partial charge in [0.25, 0.3) is 0 Å². The minimum absolute atomic E-state index is 0.359. The molecule has 0 saturated heterocycles. The molecule has 78 valence electrons. The number of rotatable bonds is 1. The second-order valence-corrected chi connectivity index (χ2v) is 3.95. The summed E-state index contributed by atoms with van der Waals surface area (Å²) in [7, 11) is 0. The highest BCUT2D eigenvalue weighted by Gasteiger charge is 2.26. The predicted octanol–water partition coefficient (Wildman–Crippen LogP) is 2.19. The Balaban J connectivity index is 2.39. The fourth-order valence-corrected chi connectivity index (χ4v) is 1.82. The normalized spacial score (nSPS) is 19.3. The molecule has 2 rings (SSSR count). The van der Waals surface area contributed by atoms with Crippen LogP contribution in [0.2, 0.25) is 0 Å². The molecule has 1 aliphatic rings. The predicted molar refractivity (Wildman–Crippen MR) is 59.0 cm³/mol. The van der Waals surface area contributed by atoms with E-state index in [2.05, 4.69) is 24.8 Å². The molecule has 0 fully saturated rings. The lowest BCUT2D eigenvalue weighted by atomic mass is 10.1. The zero-order valence-electron chi connectivity index (χ0n) is 8.97. The van der Waals surface area contributed by atoms with E-state index in [-0.39, 0.29) is 6.10 Å². The third-order valence-electron chi connectivity index (χ3n) is 2.57. The Morgan fingerprint density at radius 2 is 2.20 bits per heavy atom. The van der Waals surface area contributed by atoms with E-state index in [4.69, 9.17) is 10.00 Å². The molecule has 0 unspecified atom stereocenters. The van der Waals surface area contributed by atoms with E-state index in [0.29, 0.717) is 12.6 Å². The lowest BCUT2D eigenvalue weighted by molar-refractivity contribution is 0.241. The van der Waals surface area contributed by atoms with Crippen molar-refractivity contribution < 1.29 is 4.74 Å². The SMILES string of the molecule is CC(C)N1C[C@@H](C#N)Oc2ccccc21. The van der Waals surface area contributed by atoms with Crippen molar-refractivity contribution in [2.24, 2.45) is 0 Å². The topological polar surface area (TPSA) is 36.3 Å². The van der Waals surface area contributed by atoms with Crippen LogP contribution in [0.5, 0.6) is 5.75 Å². The summed E-state index contributed by atoms with van der Waals surface area (Å²) in [6.07, 6.45) is -0.359. The van der Waals surface area contributed by atoms with E-state index in [0.717, 1.165) is 11.4 Å². The molecule has 15 heavy (non-hydrogen) atoms. The van der Waals surface area contributed by atoms with E-state index in [1.807, 2.05) is 24.3 Å². The zero-order valence-corrected chi connectivity index (χ0v) is 8.97. The highest BCUT2D eigenvalue weighted by atomic mass is 16.5. The number of ether oxygens (including phenoxy) is 1. The maximum Gasteiger partial charge on any atom is 0.201 e. The van der Waals surface area contributed by atoms with Gasteiger partial charge in [-0.2, -0.15) is 5.26 Å². The van der Waals surface area contributed by atoms with Crippen LogP contribution in [0.3, 0.4) is 0 Å². The fraction of sp³-hybridized carbons (Fsp3) is 0.417. The molecule has 0 saturated carbocycles. The molecular formula is C12H14N2O. The van der Waals surface area contributed by atoms with Gasteiger partial charge < -0.3 is 9.64 Å². The number of hydrogen-bond acceptors (Lipinski definition) is 3. The largest absolute Gasteiger partial charge is 0.472 e. The van der Waals surface area contributed by atoms with E-state index in [1.54, 1.807) is 0 Å². The van der Waals surface area contributed by atoms with E-state index in [9.17, 15) is 0 Å². The van der Waals surface area contributed by atoms with Gasteiger partial charge in [-0.1, -0.05) is 12.1 Å². The molecule has 0 aliphatic carbocycles. The van der Waals surface area contributed by atoms with E-state index in [1.165, 1.54) is 0 Å². The lowest BCUT2D eigenvalue weighted by Gasteiger charge is -2.36. The average Bonchev–Trinajstić information content (AvgIpc) is 2.27. The summed E-state index contributed by atoms with van der Waals surface area (Å²) in [5.41, 5.74) is 1.08. The van der Waals surface area contributed by atoms with Crippen LogP contribution < -0.4 is 9.64 Å². The Morgan fingerprint density at radius 3 is 2.87 bits per heavy atom. The third-order valence-corrected chi connectivity index (χ3v) is 2.57. The van der Waals surface area contributed by atoms with Gasteiger partial charge in [0.15, 0.2) is 0 Å². The highest BCUT2D eigenvalue weighted by molar-refractivity contribution is 5.61. The van der Waals surface area contributed by atoms with Crippen LogP contribution in [0, 0.1) is 11.3 Å². The van der Waals surface area contributed by atoms with Crippen molar-refractivity contribution in [2.45, 2.75) is 26.0 Å². The van der Waals surface area contributed by atoms with Gasteiger partial charge in [-0.25, -0.2) is 0 Å². The maximum absolute atomic E-state index is 8.91. The first-order chi connectivity index (χ1) is 7.22. The van der Waals surface area contributed by atoms with Gasteiger partial charge in [0, 0.05) is 6.04 Å². The van der Waals surface area contributed by atoms with Crippen molar-refractivity contribution in [2.75, 3.05) is 11.4 Å². The van der Waals surface area contributed by atoms with Crippen molar-refractivity contribution in [3.8, 4) is 11.8 Å². The Labute approximate surface area is 89.9 Å². The second-order valence-electron chi connectivity index (χ2n) is 3.95. The third kappa shape index (κ3) is 1.75. The number of nitriles is 1. The van der Waals surface area contributed by atoms with Crippen LogP contribution in [0.15, 0.2) is 24.3 Å². The summed E-state index contributed by atoms with van der Waals surface area (Å²) in [6.45, 7) is 4.89. The maximum atomic E-state index is 8.91. The fourth-order valence-electron chi connectivity index (χ4n) is 1.82.